The Labute approximate surface area is 117 Å². The zero-order valence-electron chi connectivity index (χ0n) is 12.6. The van der Waals surface area contributed by atoms with E-state index in [2.05, 4.69) is 42.8 Å². The molecule has 0 aliphatic heterocycles. The predicted molar refractivity (Wildman–Crippen MR) is 78.1 cm³/mol. The molecular weight excluding hydrogens is 236 g/mol. The molecule has 108 valence electrons. The first kappa shape index (κ1) is 14.6. The molecule has 2 unspecified atom stereocenters. The minimum atomic E-state index is -0.506. The minimum absolute atomic E-state index is 0.496. The van der Waals surface area contributed by atoms with E-state index in [-0.39, 0.29) is 0 Å². The van der Waals surface area contributed by atoms with E-state index >= 15 is 0 Å². The van der Waals surface area contributed by atoms with Crippen molar-refractivity contribution in [3.63, 3.8) is 0 Å². The first-order valence-electron chi connectivity index (χ1n) is 7.86. The average Bonchev–Trinajstić information content (AvgIpc) is 2.99. The number of hydrogen-bond donors (Lipinski definition) is 1. The van der Waals surface area contributed by atoms with E-state index in [0.29, 0.717) is 12.0 Å². The van der Waals surface area contributed by atoms with Crippen LogP contribution >= 0.6 is 0 Å². The summed E-state index contributed by atoms with van der Waals surface area (Å²) in [5, 5.41) is 15.3. The molecule has 0 aromatic carbocycles. The summed E-state index contributed by atoms with van der Waals surface area (Å²) in [5.74, 6) is 0.700. The van der Waals surface area contributed by atoms with Crippen LogP contribution in [0.1, 0.15) is 71.0 Å². The van der Waals surface area contributed by atoms with Gasteiger partial charge in [-0.15, -0.1) is 0 Å². The molecular formula is C16H28N2O. The number of rotatable bonds is 6. The lowest BCUT2D eigenvalue weighted by atomic mass is 9.94. The number of aliphatic hydroxyl groups is 1. The largest absolute Gasteiger partial charge is 0.389 e. The second-order valence-corrected chi connectivity index (χ2v) is 6.18. The second-order valence-electron chi connectivity index (χ2n) is 6.18. The van der Waals surface area contributed by atoms with Gasteiger partial charge in [0.2, 0.25) is 0 Å². The van der Waals surface area contributed by atoms with E-state index in [1.54, 1.807) is 0 Å². The summed E-state index contributed by atoms with van der Waals surface area (Å²) in [6.45, 7) is 6.62. The van der Waals surface area contributed by atoms with Gasteiger partial charge in [0, 0.05) is 12.6 Å². The Kier molecular flexibility index (Phi) is 4.67. The van der Waals surface area contributed by atoms with Gasteiger partial charge in [-0.25, -0.2) is 0 Å². The van der Waals surface area contributed by atoms with E-state index in [9.17, 15) is 5.11 Å². The number of nitrogens with zero attached hydrogens (tertiary/aromatic N) is 2. The highest BCUT2D eigenvalue weighted by molar-refractivity contribution is 5.06. The molecule has 2 atom stereocenters. The first-order valence-corrected chi connectivity index (χ1v) is 7.86. The van der Waals surface area contributed by atoms with Crippen LogP contribution in [0.25, 0.3) is 0 Å². The van der Waals surface area contributed by atoms with Gasteiger partial charge < -0.3 is 5.11 Å². The highest BCUT2D eigenvalue weighted by Gasteiger charge is 2.37. The average molecular weight is 264 g/mol. The summed E-state index contributed by atoms with van der Waals surface area (Å²) in [7, 11) is 0. The Balaban J connectivity index is 2.00. The Hall–Kier alpha value is -0.830. The van der Waals surface area contributed by atoms with Gasteiger partial charge in [-0.05, 0) is 44.1 Å². The molecule has 1 aliphatic carbocycles. The fraction of sp³-hybridized carbons (Fsp3) is 0.812. The van der Waals surface area contributed by atoms with Crippen molar-refractivity contribution in [2.24, 2.45) is 5.92 Å². The normalized spacial score (nSPS) is 27.3. The lowest BCUT2D eigenvalue weighted by molar-refractivity contribution is 0.0425. The van der Waals surface area contributed by atoms with Crippen molar-refractivity contribution >= 4 is 0 Å². The maximum absolute atomic E-state index is 10.7. The van der Waals surface area contributed by atoms with Gasteiger partial charge >= 0.3 is 0 Å². The van der Waals surface area contributed by atoms with E-state index in [1.807, 2.05) is 0 Å². The van der Waals surface area contributed by atoms with Gasteiger partial charge in [0.05, 0.1) is 17.3 Å². The summed E-state index contributed by atoms with van der Waals surface area (Å²) in [4.78, 5) is 0. The fourth-order valence-corrected chi connectivity index (χ4v) is 3.40. The van der Waals surface area contributed by atoms with Crippen molar-refractivity contribution < 1.29 is 5.11 Å². The Bertz CT molecular complexity index is 397. The van der Waals surface area contributed by atoms with E-state index in [0.717, 1.165) is 37.8 Å². The summed E-state index contributed by atoms with van der Waals surface area (Å²) >= 11 is 0. The predicted octanol–water partition coefficient (Wildman–Crippen LogP) is 3.73. The van der Waals surface area contributed by atoms with Gasteiger partial charge in [-0.2, -0.15) is 5.10 Å². The fourth-order valence-electron chi connectivity index (χ4n) is 3.40. The van der Waals surface area contributed by atoms with Gasteiger partial charge in [-0.1, -0.05) is 27.2 Å². The topological polar surface area (TPSA) is 38.0 Å². The highest BCUT2D eigenvalue weighted by atomic mass is 16.3. The van der Waals surface area contributed by atoms with Crippen molar-refractivity contribution in [1.29, 1.82) is 0 Å². The van der Waals surface area contributed by atoms with Crippen LogP contribution in [-0.4, -0.2) is 20.5 Å². The Morgan fingerprint density at radius 3 is 2.74 bits per heavy atom. The smallest absolute Gasteiger partial charge is 0.0706 e. The highest BCUT2D eigenvalue weighted by Crippen LogP contribution is 2.38. The molecule has 3 nitrogen and oxygen atoms in total. The van der Waals surface area contributed by atoms with Crippen molar-refractivity contribution in [2.75, 3.05) is 0 Å². The van der Waals surface area contributed by atoms with E-state index in [1.165, 1.54) is 12.8 Å². The molecule has 0 bridgehead atoms. The lowest BCUT2D eigenvalue weighted by Crippen LogP contribution is -2.28. The van der Waals surface area contributed by atoms with Crippen LogP contribution in [0.15, 0.2) is 12.3 Å². The molecule has 1 heterocycles. The molecule has 2 rings (SSSR count). The molecule has 1 N–H and O–H groups in total. The van der Waals surface area contributed by atoms with Gasteiger partial charge in [-0.3, -0.25) is 4.68 Å². The third-order valence-corrected chi connectivity index (χ3v) is 4.75. The van der Waals surface area contributed by atoms with Crippen LogP contribution < -0.4 is 0 Å². The van der Waals surface area contributed by atoms with Crippen LogP contribution in [0.4, 0.5) is 0 Å². The molecule has 19 heavy (non-hydrogen) atoms. The number of hydrogen-bond acceptors (Lipinski definition) is 2. The molecule has 3 heteroatoms. The molecule has 1 aromatic heterocycles. The standard InChI is InChI=1S/C16H28N2O/c1-4-13-7-9-16(19,11-13)12-14-8-10-18(17-14)15(5-2)6-3/h8,10,13,15,19H,4-7,9,11-12H2,1-3H3. The van der Waals surface area contributed by atoms with E-state index < -0.39 is 5.60 Å². The summed E-state index contributed by atoms with van der Waals surface area (Å²) in [6.07, 6.45) is 9.24. The monoisotopic (exact) mass is 264 g/mol. The minimum Gasteiger partial charge on any atom is -0.389 e. The quantitative estimate of drug-likeness (QED) is 0.850. The summed E-state index contributed by atoms with van der Waals surface area (Å²) in [6, 6.07) is 2.57. The van der Waals surface area contributed by atoms with Crippen LogP contribution in [-0.2, 0) is 6.42 Å². The van der Waals surface area contributed by atoms with Crippen molar-refractivity contribution in [3.05, 3.63) is 18.0 Å². The number of aromatic nitrogens is 2. The molecule has 1 fully saturated rings. The zero-order chi connectivity index (χ0) is 13.9. The SMILES string of the molecule is CCC1CCC(O)(Cc2ccn(C(CC)CC)n2)C1. The van der Waals surface area contributed by atoms with Crippen LogP contribution in [0.3, 0.4) is 0 Å². The van der Waals surface area contributed by atoms with Crippen molar-refractivity contribution in [1.82, 2.24) is 9.78 Å². The van der Waals surface area contributed by atoms with Crippen LogP contribution in [0, 0.1) is 5.92 Å². The van der Waals surface area contributed by atoms with Crippen molar-refractivity contribution in [3.8, 4) is 0 Å². The van der Waals surface area contributed by atoms with Gasteiger partial charge in [0.1, 0.15) is 0 Å². The second kappa shape index (κ2) is 6.08. The molecule has 1 aromatic rings. The maximum Gasteiger partial charge on any atom is 0.0706 e. The van der Waals surface area contributed by atoms with Crippen LogP contribution in [0.5, 0.6) is 0 Å². The van der Waals surface area contributed by atoms with Gasteiger partial charge in [0.25, 0.3) is 0 Å². The summed E-state index contributed by atoms with van der Waals surface area (Å²) < 4.78 is 2.07. The van der Waals surface area contributed by atoms with Crippen LogP contribution in [0.2, 0.25) is 0 Å². The van der Waals surface area contributed by atoms with Crippen molar-refractivity contribution in [2.45, 2.75) is 77.4 Å². The summed E-state index contributed by atoms with van der Waals surface area (Å²) in [5.41, 5.74) is 0.541. The molecule has 0 amide bonds. The molecule has 1 aliphatic rings. The van der Waals surface area contributed by atoms with E-state index in [4.69, 9.17) is 0 Å². The molecule has 0 radical (unpaired) electrons. The maximum atomic E-state index is 10.7. The first-order chi connectivity index (χ1) is 9.10. The molecule has 0 spiro atoms. The molecule has 1 saturated carbocycles. The Morgan fingerprint density at radius 2 is 2.16 bits per heavy atom. The third kappa shape index (κ3) is 3.38. The van der Waals surface area contributed by atoms with Gasteiger partial charge in [0.15, 0.2) is 0 Å². The Morgan fingerprint density at radius 1 is 1.42 bits per heavy atom. The molecule has 0 saturated heterocycles. The zero-order valence-corrected chi connectivity index (χ0v) is 12.6. The lowest BCUT2D eigenvalue weighted by Gasteiger charge is -2.21. The third-order valence-electron chi connectivity index (χ3n) is 4.75.